The van der Waals surface area contributed by atoms with Crippen LogP contribution < -0.4 is 5.32 Å². The smallest absolute Gasteiger partial charge is 0.317 e. The first-order chi connectivity index (χ1) is 8.00. The van der Waals surface area contributed by atoms with E-state index in [1.165, 1.54) is 16.2 Å². The average molecular weight is 257 g/mol. The van der Waals surface area contributed by atoms with Crippen LogP contribution >= 0.6 is 11.3 Å². The number of nitrogens with one attached hydrogen (secondary N) is 1. The molecule has 0 radical (unpaired) electrons. The van der Waals surface area contributed by atoms with Gasteiger partial charge in [-0.25, -0.2) is 9.78 Å². The maximum Gasteiger partial charge on any atom is 0.317 e. The number of carbonyl (C=O) groups excluding carboxylic acids is 1. The molecule has 0 aliphatic carbocycles. The Kier molecular flexibility index (Phi) is 4.89. The quantitative estimate of drug-likeness (QED) is 0.826. The molecule has 2 N–H and O–H groups in total. The Balaban J connectivity index is 2.34. The van der Waals surface area contributed by atoms with E-state index in [0.29, 0.717) is 6.54 Å². The molecule has 0 fully saturated rings. The van der Waals surface area contributed by atoms with Crippen molar-refractivity contribution in [2.24, 2.45) is 0 Å². The summed E-state index contributed by atoms with van der Waals surface area (Å²) in [5.74, 6) is -0.914. The molecular formula is C10H15N3O3S. The van der Waals surface area contributed by atoms with Gasteiger partial charge in [-0.1, -0.05) is 0 Å². The molecule has 17 heavy (non-hydrogen) atoms. The van der Waals surface area contributed by atoms with Gasteiger partial charge in [0.05, 0.1) is 24.2 Å². The second-order valence-electron chi connectivity index (χ2n) is 3.58. The van der Waals surface area contributed by atoms with Crippen LogP contribution in [0, 0.1) is 6.92 Å². The molecule has 6 nitrogen and oxygen atoms in total. The fourth-order valence-corrected chi connectivity index (χ4v) is 1.87. The minimum Gasteiger partial charge on any atom is -0.481 e. The van der Waals surface area contributed by atoms with Gasteiger partial charge in [0.15, 0.2) is 0 Å². The number of amides is 2. The molecule has 1 heterocycles. The van der Waals surface area contributed by atoms with Gasteiger partial charge < -0.3 is 15.3 Å². The summed E-state index contributed by atoms with van der Waals surface area (Å²) in [5, 5.41) is 11.2. The zero-order valence-electron chi connectivity index (χ0n) is 9.77. The van der Waals surface area contributed by atoms with E-state index in [1.807, 2.05) is 6.92 Å². The number of carboxylic acids is 1. The first-order valence-electron chi connectivity index (χ1n) is 5.10. The van der Waals surface area contributed by atoms with Crippen LogP contribution in [0.1, 0.15) is 17.0 Å². The van der Waals surface area contributed by atoms with Crippen molar-refractivity contribution in [2.75, 3.05) is 13.6 Å². The lowest BCUT2D eigenvalue weighted by atomic mass is 10.4. The van der Waals surface area contributed by atoms with Crippen LogP contribution in [0.5, 0.6) is 0 Å². The molecule has 94 valence electrons. The topological polar surface area (TPSA) is 82.5 Å². The van der Waals surface area contributed by atoms with Gasteiger partial charge in [0.25, 0.3) is 0 Å². The molecule has 1 aromatic heterocycles. The van der Waals surface area contributed by atoms with Crippen molar-refractivity contribution in [1.82, 2.24) is 15.2 Å². The van der Waals surface area contributed by atoms with E-state index in [9.17, 15) is 9.59 Å². The van der Waals surface area contributed by atoms with Gasteiger partial charge in [-0.2, -0.15) is 0 Å². The lowest BCUT2D eigenvalue weighted by molar-refractivity contribution is -0.137. The Morgan fingerprint density at radius 3 is 2.82 bits per heavy atom. The predicted molar refractivity (Wildman–Crippen MR) is 64.0 cm³/mol. The molecule has 0 saturated carbocycles. The molecule has 0 aliphatic heterocycles. The van der Waals surface area contributed by atoms with E-state index in [4.69, 9.17) is 5.11 Å². The summed E-state index contributed by atoms with van der Waals surface area (Å²) >= 11 is 1.48. The van der Waals surface area contributed by atoms with Crippen LogP contribution in [0.3, 0.4) is 0 Å². The fraction of sp³-hybridized carbons (Fsp3) is 0.500. The first-order valence-corrected chi connectivity index (χ1v) is 5.98. The van der Waals surface area contributed by atoms with E-state index in [-0.39, 0.29) is 19.0 Å². The van der Waals surface area contributed by atoms with Gasteiger partial charge in [-0.05, 0) is 6.92 Å². The number of aliphatic carboxylic acids is 1. The minimum atomic E-state index is -0.914. The molecule has 0 bridgehead atoms. The number of hydrogen-bond donors (Lipinski definition) is 2. The molecule has 0 unspecified atom stereocenters. The van der Waals surface area contributed by atoms with E-state index >= 15 is 0 Å². The van der Waals surface area contributed by atoms with Gasteiger partial charge in [-0.15, -0.1) is 11.3 Å². The lowest BCUT2D eigenvalue weighted by Crippen LogP contribution is -2.37. The Labute approximate surface area is 103 Å². The third-order valence-electron chi connectivity index (χ3n) is 2.25. The van der Waals surface area contributed by atoms with E-state index in [1.54, 1.807) is 12.6 Å². The molecule has 0 spiro atoms. The summed E-state index contributed by atoms with van der Waals surface area (Å²) in [4.78, 5) is 28.3. The summed E-state index contributed by atoms with van der Waals surface area (Å²) in [7, 11) is 1.57. The Morgan fingerprint density at radius 2 is 2.29 bits per heavy atom. The number of nitrogens with zero attached hydrogens (tertiary/aromatic N) is 2. The molecule has 1 rings (SSSR count). The molecule has 2 amide bonds. The number of aromatic nitrogens is 1. The summed E-state index contributed by atoms with van der Waals surface area (Å²) < 4.78 is 0. The highest BCUT2D eigenvalue weighted by Crippen LogP contribution is 2.11. The first kappa shape index (κ1) is 13.4. The number of hydrogen-bond acceptors (Lipinski definition) is 4. The van der Waals surface area contributed by atoms with Crippen LogP contribution in [0.15, 0.2) is 5.51 Å². The summed E-state index contributed by atoms with van der Waals surface area (Å²) in [6.45, 7) is 2.50. The van der Waals surface area contributed by atoms with Gasteiger partial charge in [-0.3, -0.25) is 4.79 Å². The van der Waals surface area contributed by atoms with Crippen molar-refractivity contribution < 1.29 is 14.7 Å². The summed E-state index contributed by atoms with van der Waals surface area (Å²) in [6, 6.07) is -0.279. The third-order valence-corrected chi connectivity index (χ3v) is 3.19. The van der Waals surface area contributed by atoms with E-state index in [2.05, 4.69) is 10.3 Å². The van der Waals surface area contributed by atoms with Crippen molar-refractivity contribution in [3.05, 3.63) is 16.1 Å². The molecule has 0 aliphatic rings. The monoisotopic (exact) mass is 257 g/mol. The SMILES string of the molecule is Cc1ncsc1CNC(=O)N(C)CCC(=O)O. The van der Waals surface area contributed by atoms with Crippen LogP contribution in [0.25, 0.3) is 0 Å². The van der Waals surface area contributed by atoms with Crippen molar-refractivity contribution in [3.8, 4) is 0 Å². The number of urea groups is 1. The van der Waals surface area contributed by atoms with Gasteiger partial charge in [0.2, 0.25) is 0 Å². The normalized spacial score (nSPS) is 10.0. The van der Waals surface area contributed by atoms with Crippen molar-refractivity contribution >= 4 is 23.3 Å². The third kappa shape index (κ3) is 4.39. The molecule has 0 saturated heterocycles. The number of aryl methyl sites for hydroxylation is 1. The average Bonchev–Trinajstić information content (AvgIpc) is 2.68. The van der Waals surface area contributed by atoms with Gasteiger partial charge in [0.1, 0.15) is 0 Å². The van der Waals surface area contributed by atoms with Crippen LogP contribution in [0.2, 0.25) is 0 Å². The Morgan fingerprint density at radius 1 is 1.59 bits per heavy atom. The summed E-state index contributed by atoms with van der Waals surface area (Å²) in [6.07, 6.45) is -0.0521. The van der Waals surface area contributed by atoms with Crippen molar-refractivity contribution in [2.45, 2.75) is 19.9 Å². The zero-order chi connectivity index (χ0) is 12.8. The number of carboxylic acid groups (broad SMARTS) is 1. The summed E-state index contributed by atoms with van der Waals surface area (Å²) in [5.41, 5.74) is 2.63. The molecule has 0 atom stereocenters. The molecule has 7 heteroatoms. The molecule has 1 aromatic rings. The number of thiazole rings is 1. The largest absolute Gasteiger partial charge is 0.481 e. The molecule has 0 aromatic carbocycles. The van der Waals surface area contributed by atoms with E-state index < -0.39 is 5.97 Å². The fourth-order valence-electron chi connectivity index (χ4n) is 1.15. The minimum absolute atomic E-state index is 0.0521. The van der Waals surface area contributed by atoms with Crippen LogP contribution in [-0.4, -0.2) is 40.6 Å². The predicted octanol–water partition coefficient (Wildman–Crippen LogP) is 1.07. The second-order valence-corrected chi connectivity index (χ2v) is 4.52. The number of carbonyl (C=O) groups is 2. The van der Waals surface area contributed by atoms with Gasteiger partial charge in [0, 0.05) is 18.5 Å². The van der Waals surface area contributed by atoms with Crippen LogP contribution in [0.4, 0.5) is 4.79 Å². The highest BCUT2D eigenvalue weighted by Gasteiger charge is 2.10. The maximum absolute atomic E-state index is 11.6. The van der Waals surface area contributed by atoms with Crippen molar-refractivity contribution in [3.63, 3.8) is 0 Å². The lowest BCUT2D eigenvalue weighted by Gasteiger charge is -2.16. The van der Waals surface area contributed by atoms with E-state index in [0.717, 1.165) is 10.6 Å². The molecular weight excluding hydrogens is 242 g/mol. The van der Waals surface area contributed by atoms with Crippen molar-refractivity contribution in [1.29, 1.82) is 0 Å². The maximum atomic E-state index is 11.6. The van der Waals surface area contributed by atoms with Gasteiger partial charge >= 0.3 is 12.0 Å². The second kappa shape index (κ2) is 6.19. The Bertz CT molecular complexity index is 405. The highest BCUT2D eigenvalue weighted by atomic mass is 32.1. The van der Waals surface area contributed by atoms with Crippen LogP contribution in [-0.2, 0) is 11.3 Å². The standard InChI is InChI=1S/C10H15N3O3S/c1-7-8(17-6-12-7)5-11-10(16)13(2)4-3-9(14)15/h6H,3-5H2,1-2H3,(H,11,16)(H,14,15). The highest BCUT2D eigenvalue weighted by molar-refractivity contribution is 7.09. The number of rotatable bonds is 5. The zero-order valence-corrected chi connectivity index (χ0v) is 10.6. The Hall–Kier alpha value is -1.63.